The van der Waals surface area contributed by atoms with Gasteiger partial charge >= 0.3 is 5.97 Å². The molecule has 0 fully saturated rings. The van der Waals surface area contributed by atoms with E-state index in [1.54, 1.807) is 25.5 Å². The summed E-state index contributed by atoms with van der Waals surface area (Å²) in [6.45, 7) is 9.27. The number of ether oxygens (including phenoxy) is 1. The molecule has 1 aromatic heterocycles. The van der Waals surface area contributed by atoms with E-state index in [0.29, 0.717) is 11.3 Å². The molecule has 134 valence electrons. The van der Waals surface area contributed by atoms with Crippen molar-refractivity contribution in [1.29, 1.82) is 0 Å². The molecule has 2 rings (SSSR count). The Morgan fingerprint density at radius 3 is 2.40 bits per heavy atom. The number of aromatic nitrogens is 2. The molecule has 6 nitrogen and oxygen atoms in total. The second-order valence-corrected chi connectivity index (χ2v) is 6.18. The average Bonchev–Trinajstić information content (AvgIpc) is 2.88. The summed E-state index contributed by atoms with van der Waals surface area (Å²) in [5.74, 6) is -0.915. The number of rotatable bonds is 6. The summed E-state index contributed by atoms with van der Waals surface area (Å²) in [5.41, 5.74) is 3.05. The summed E-state index contributed by atoms with van der Waals surface area (Å²) < 4.78 is 6.95. The first kappa shape index (κ1) is 18.7. The molecule has 1 N–H and O–H groups in total. The van der Waals surface area contributed by atoms with E-state index in [9.17, 15) is 9.59 Å². The standard InChI is InChI=1S/C19H25N3O3/c1-6-25-19(24)17(20-18(23)12(2)3)16-13(4)21-22(14(16)5)15-10-8-7-9-11-15/h7-12,17H,6H2,1-5H3,(H,20,23)/t17-/m0/s1. The number of hydrogen-bond acceptors (Lipinski definition) is 4. The van der Waals surface area contributed by atoms with Gasteiger partial charge in [-0.3, -0.25) is 4.79 Å². The highest BCUT2D eigenvalue weighted by atomic mass is 16.5. The van der Waals surface area contributed by atoms with E-state index < -0.39 is 12.0 Å². The molecular formula is C19H25N3O3. The molecule has 0 aliphatic heterocycles. The maximum Gasteiger partial charge on any atom is 0.333 e. The molecule has 6 heteroatoms. The highest BCUT2D eigenvalue weighted by molar-refractivity contribution is 5.86. The number of aryl methyl sites for hydroxylation is 1. The quantitative estimate of drug-likeness (QED) is 0.819. The molecule has 0 bridgehead atoms. The second-order valence-electron chi connectivity index (χ2n) is 6.18. The van der Waals surface area contributed by atoms with Crippen molar-refractivity contribution < 1.29 is 14.3 Å². The second kappa shape index (κ2) is 7.96. The lowest BCUT2D eigenvalue weighted by molar-refractivity contribution is -0.148. The molecule has 1 heterocycles. The van der Waals surface area contributed by atoms with Crippen LogP contribution >= 0.6 is 0 Å². The minimum Gasteiger partial charge on any atom is -0.464 e. The van der Waals surface area contributed by atoms with Gasteiger partial charge in [0.15, 0.2) is 6.04 Å². The van der Waals surface area contributed by atoms with Gasteiger partial charge in [0.1, 0.15) is 0 Å². The van der Waals surface area contributed by atoms with Gasteiger partial charge in [-0.1, -0.05) is 32.0 Å². The number of hydrogen-bond donors (Lipinski definition) is 1. The molecule has 2 aromatic rings. The van der Waals surface area contributed by atoms with Gasteiger partial charge in [-0.25, -0.2) is 9.48 Å². The van der Waals surface area contributed by atoms with Crippen molar-refractivity contribution in [3.63, 3.8) is 0 Å². The zero-order chi connectivity index (χ0) is 18.6. The van der Waals surface area contributed by atoms with Gasteiger partial charge in [0.05, 0.1) is 18.0 Å². The average molecular weight is 343 g/mol. The van der Waals surface area contributed by atoms with E-state index >= 15 is 0 Å². The van der Waals surface area contributed by atoms with Crippen LogP contribution in [-0.2, 0) is 14.3 Å². The van der Waals surface area contributed by atoms with Crippen LogP contribution in [0.1, 0.15) is 43.8 Å². The van der Waals surface area contributed by atoms with Crippen molar-refractivity contribution in [3.05, 3.63) is 47.3 Å². The Balaban J connectivity index is 2.48. The van der Waals surface area contributed by atoms with Crippen LogP contribution in [0.25, 0.3) is 5.69 Å². The third kappa shape index (κ3) is 4.07. The van der Waals surface area contributed by atoms with Crippen molar-refractivity contribution in [2.45, 2.75) is 40.7 Å². The van der Waals surface area contributed by atoms with E-state index in [0.717, 1.165) is 11.4 Å². The number of carbonyl (C=O) groups is 2. The number of esters is 1. The SMILES string of the molecule is CCOC(=O)[C@@H](NC(=O)C(C)C)c1c(C)nn(-c2ccccc2)c1C. The van der Waals surface area contributed by atoms with Crippen LogP contribution in [0.4, 0.5) is 0 Å². The van der Waals surface area contributed by atoms with Crippen LogP contribution in [0.5, 0.6) is 0 Å². The fourth-order valence-corrected chi connectivity index (χ4v) is 2.68. The third-order valence-electron chi connectivity index (χ3n) is 3.97. The van der Waals surface area contributed by atoms with Crippen LogP contribution < -0.4 is 5.32 Å². The van der Waals surface area contributed by atoms with Crippen LogP contribution in [0, 0.1) is 19.8 Å². The molecule has 0 saturated heterocycles. The Labute approximate surface area is 148 Å². The van der Waals surface area contributed by atoms with E-state index in [2.05, 4.69) is 10.4 Å². The molecular weight excluding hydrogens is 318 g/mol. The largest absolute Gasteiger partial charge is 0.464 e. The number of nitrogens with zero attached hydrogens (tertiary/aromatic N) is 2. The number of para-hydroxylation sites is 1. The first-order chi connectivity index (χ1) is 11.9. The molecule has 1 aromatic carbocycles. The zero-order valence-corrected chi connectivity index (χ0v) is 15.4. The van der Waals surface area contributed by atoms with Crippen molar-refractivity contribution in [2.75, 3.05) is 6.61 Å². The molecule has 0 unspecified atom stereocenters. The van der Waals surface area contributed by atoms with Crippen LogP contribution in [0.3, 0.4) is 0 Å². The predicted octanol–water partition coefficient (Wildman–Crippen LogP) is 2.87. The van der Waals surface area contributed by atoms with Crippen LogP contribution in [0.15, 0.2) is 30.3 Å². The first-order valence-electron chi connectivity index (χ1n) is 8.45. The lowest BCUT2D eigenvalue weighted by Gasteiger charge is -2.19. The minimum absolute atomic E-state index is 0.204. The molecule has 0 aliphatic rings. The maximum atomic E-state index is 12.5. The number of amides is 1. The van der Waals surface area contributed by atoms with Gasteiger partial charge in [-0.05, 0) is 32.9 Å². The maximum absolute atomic E-state index is 12.5. The van der Waals surface area contributed by atoms with Gasteiger partial charge in [-0.2, -0.15) is 5.10 Å². The lowest BCUT2D eigenvalue weighted by atomic mass is 10.0. The summed E-state index contributed by atoms with van der Waals surface area (Å²) in [6.07, 6.45) is 0. The Morgan fingerprint density at radius 2 is 1.84 bits per heavy atom. The van der Waals surface area contributed by atoms with Crippen molar-refractivity contribution >= 4 is 11.9 Å². The Morgan fingerprint density at radius 1 is 1.20 bits per heavy atom. The monoisotopic (exact) mass is 343 g/mol. The number of carbonyl (C=O) groups excluding carboxylic acids is 2. The molecule has 25 heavy (non-hydrogen) atoms. The highest BCUT2D eigenvalue weighted by Gasteiger charge is 2.30. The summed E-state index contributed by atoms with van der Waals surface area (Å²) in [5, 5.41) is 7.35. The molecule has 0 aliphatic carbocycles. The van der Waals surface area contributed by atoms with E-state index in [1.807, 2.05) is 44.2 Å². The fourth-order valence-electron chi connectivity index (χ4n) is 2.68. The normalized spacial score (nSPS) is 12.1. The fraction of sp³-hybridized carbons (Fsp3) is 0.421. The summed E-state index contributed by atoms with van der Waals surface area (Å²) >= 11 is 0. The summed E-state index contributed by atoms with van der Waals surface area (Å²) in [4.78, 5) is 24.7. The highest BCUT2D eigenvalue weighted by Crippen LogP contribution is 2.25. The topological polar surface area (TPSA) is 73.2 Å². The number of nitrogens with one attached hydrogen (secondary N) is 1. The van der Waals surface area contributed by atoms with Gasteiger partial charge in [-0.15, -0.1) is 0 Å². The van der Waals surface area contributed by atoms with Gasteiger partial charge in [0, 0.05) is 17.2 Å². The van der Waals surface area contributed by atoms with Gasteiger partial charge < -0.3 is 10.1 Å². The Kier molecular flexibility index (Phi) is 5.96. The number of benzene rings is 1. The Bertz CT molecular complexity index is 751. The lowest BCUT2D eigenvalue weighted by Crippen LogP contribution is -2.37. The first-order valence-corrected chi connectivity index (χ1v) is 8.45. The van der Waals surface area contributed by atoms with E-state index in [1.165, 1.54) is 0 Å². The third-order valence-corrected chi connectivity index (χ3v) is 3.97. The molecule has 0 radical (unpaired) electrons. The van der Waals surface area contributed by atoms with Crippen LogP contribution in [-0.4, -0.2) is 28.3 Å². The van der Waals surface area contributed by atoms with Gasteiger partial charge in [0.25, 0.3) is 0 Å². The molecule has 1 atom stereocenters. The molecule has 0 spiro atoms. The summed E-state index contributed by atoms with van der Waals surface area (Å²) in [6, 6.07) is 8.79. The van der Waals surface area contributed by atoms with Crippen molar-refractivity contribution in [3.8, 4) is 5.69 Å². The molecule has 1 amide bonds. The summed E-state index contributed by atoms with van der Waals surface area (Å²) in [7, 11) is 0. The van der Waals surface area contributed by atoms with E-state index in [-0.39, 0.29) is 18.4 Å². The zero-order valence-electron chi connectivity index (χ0n) is 15.4. The van der Waals surface area contributed by atoms with Crippen molar-refractivity contribution in [2.24, 2.45) is 5.92 Å². The smallest absolute Gasteiger partial charge is 0.333 e. The predicted molar refractivity (Wildman–Crippen MR) is 95.4 cm³/mol. The van der Waals surface area contributed by atoms with E-state index in [4.69, 9.17) is 4.74 Å². The van der Waals surface area contributed by atoms with Gasteiger partial charge in [0.2, 0.25) is 5.91 Å². The molecule has 0 saturated carbocycles. The van der Waals surface area contributed by atoms with Crippen molar-refractivity contribution in [1.82, 2.24) is 15.1 Å². The Hall–Kier alpha value is -2.63. The minimum atomic E-state index is -0.868. The van der Waals surface area contributed by atoms with Crippen LogP contribution in [0.2, 0.25) is 0 Å².